The third-order valence-corrected chi connectivity index (χ3v) is 5.95. The van der Waals surface area contributed by atoms with Gasteiger partial charge in [-0.15, -0.1) is 0 Å². The van der Waals surface area contributed by atoms with Gasteiger partial charge in [0.25, 0.3) is 0 Å². The van der Waals surface area contributed by atoms with E-state index in [0.717, 1.165) is 5.39 Å². The first-order chi connectivity index (χ1) is 16.9. The Morgan fingerprint density at radius 3 is 2.26 bits per heavy atom. The Hall–Kier alpha value is -4.72. The molecule has 1 aliphatic carbocycles. The number of carboxylic acid groups (broad SMARTS) is 1. The summed E-state index contributed by atoms with van der Waals surface area (Å²) in [6, 6.07) is 22.5. The number of nitrogens with zero attached hydrogens (tertiary/aromatic N) is 1. The first-order valence-electron chi connectivity index (χ1n) is 11.0. The average molecular weight is 467 g/mol. The van der Waals surface area contributed by atoms with Gasteiger partial charge in [0, 0.05) is 28.5 Å². The maximum atomic E-state index is 12.9. The Morgan fingerprint density at radius 2 is 1.57 bits per heavy atom. The van der Waals surface area contributed by atoms with Crippen LogP contribution < -0.4 is 15.4 Å². The van der Waals surface area contributed by atoms with Gasteiger partial charge < -0.3 is 15.2 Å². The summed E-state index contributed by atoms with van der Waals surface area (Å²) in [5.41, 5.74) is 1.10. The van der Waals surface area contributed by atoms with Crippen molar-refractivity contribution in [1.29, 1.82) is 0 Å². The van der Waals surface area contributed by atoms with Crippen molar-refractivity contribution in [3.05, 3.63) is 90.6 Å². The molecule has 8 nitrogen and oxygen atoms in total. The highest BCUT2D eigenvalue weighted by Crippen LogP contribution is 2.49. The lowest BCUT2D eigenvalue weighted by Crippen LogP contribution is -2.31. The maximum absolute atomic E-state index is 12.9. The van der Waals surface area contributed by atoms with Gasteiger partial charge in [-0.05, 0) is 61.4 Å². The number of hydrogen-bond acceptors (Lipinski definition) is 5. The van der Waals surface area contributed by atoms with Crippen molar-refractivity contribution in [3.8, 4) is 11.5 Å². The molecule has 0 aliphatic heterocycles. The van der Waals surface area contributed by atoms with Crippen LogP contribution in [0.4, 0.5) is 16.2 Å². The summed E-state index contributed by atoms with van der Waals surface area (Å²) in [5.74, 6) is 0.650. The molecule has 1 saturated carbocycles. The van der Waals surface area contributed by atoms with E-state index >= 15 is 0 Å². The van der Waals surface area contributed by atoms with E-state index in [1.807, 2.05) is 6.07 Å². The molecule has 0 radical (unpaired) electrons. The highest BCUT2D eigenvalue weighted by Gasteiger charge is 2.56. The van der Waals surface area contributed by atoms with Crippen molar-refractivity contribution in [2.45, 2.75) is 12.8 Å². The van der Waals surface area contributed by atoms with Crippen LogP contribution in [0.25, 0.3) is 10.9 Å². The first kappa shape index (κ1) is 22.1. The Bertz CT molecular complexity index is 1430. The Morgan fingerprint density at radius 1 is 0.857 bits per heavy atom. The van der Waals surface area contributed by atoms with Gasteiger partial charge in [-0.1, -0.05) is 30.3 Å². The second-order valence-corrected chi connectivity index (χ2v) is 8.33. The lowest BCUT2D eigenvalue weighted by atomic mass is 9.93. The van der Waals surface area contributed by atoms with Crippen molar-refractivity contribution in [2.75, 3.05) is 10.6 Å². The van der Waals surface area contributed by atoms with Crippen LogP contribution in [0.5, 0.6) is 11.5 Å². The number of fused-ring (bicyclic) bond motifs is 1. The Labute approximate surface area is 200 Å². The van der Waals surface area contributed by atoms with E-state index in [1.165, 1.54) is 0 Å². The summed E-state index contributed by atoms with van der Waals surface area (Å²) in [4.78, 5) is 40.9. The maximum Gasteiger partial charge on any atom is 0.409 e. The third kappa shape index (κ3) is 4.54. The minimum atomic E-state index is -1.15. The molecular weight excluding hydrogens is 446 g/mol. The molecule has 1 aromatic heterocycles. The van der Waals surface area contributed by atoms with Crippen LogP contribution in [0, 0.1) is 5.41 Å². The number of hydrogen-bond donors (Lipinski definition) is 3. The molecule has 1 aliphatic rings. The summed E-state index contributed by atoms with van der Waals surface area (Å²) in [7, 11) is 0. The third-order valence-electron chi connectivity index (χ3n) is 5.95. The Balaban J connectivity index is 1.28. The molecule has 0 unspecified atom stereocenters. The molecule has 3 aromatic carbocycles. The molecule has 0 spiro atoms. The fraction of sp³-hybridized carbons (Fsp3) is 0.111. The Kier molecular flexibility index (Phi) is 5.62. The van der Waals surface area contributed by atoms with E-state index in [-0.39, 0.29) is 11.7 Å². The van der Waals surface area contributed by atoms with Crippen molar-refractivity contribution in [1.82, 2.24) is 4.98 Å². The fourth-order valence-corrected chi connectivity index (χ4v) is 3.94. The van der Waals surface area contributed by atoms with Crippen molar-refractivity contribution < 1.29 is 24.2 Å². The number of carbonyl (C=O) groups excluding carboxylic acids is 2. The second-order valence-electron chi connectivity index (χ2n) is 8.33. The number of rotatable bonds is 7. The van der Waals surface area contributed by atoms with Gasteiger partial charge in [0.1, 0.15) is 16.9 Å². The van der Waals surface area contributed by atoms with Gasteiger partial charge in [0.05, 0.1) is 5.52 Å². The van der Waals surface area contributed by atoms with Crippen molar-refractivity contribution >= 4 is 40.1 Å². The summed E-state index contributed by atoms with van der Waals surface area (Å²) < 4.78 is 6.00. The number of amides is 2. The van der Waals surface area contributed by atoms with E-state index in [0.29, 0.717) is 46.8 Å². The quantitative estimate of drug-likeness (QED) is 0.236. The predicted octanol–water partition coefficient (Wildman–Crippen LogP) is 5.72. The van der Waals surface area contributed by atoms with Crippen LogP contribution in [0.15, 0.2) is 85.1 Å². The first-order valence-corrected chi connectivity index (χ1v) is 11.0. The number of nitrogens with one attached hydrogen (secondary N) is 2. The SMILES string of the molecule is O=C(O)Nc1ccc2c(Oc3ccc(NC(=O)C4(C(=O)c5ccccc5)CC4)cc3)ccnc2c1. The predicted molar refractivity (Wildman–Crippen MR) is 131 cm³/mol. The van der Waals surface area contributed by atoms with Crippen LogP contribution >= 0.6 is 0 Å². The summed E-state index contributed by atoms with van der Waals surface area (Å²) in [6.45, 7) is 0. The van der Waals surface area contributed by atoms with Gasteiger partial charge >= 0.3 is 6.09 Å². The molecule has 35 heavy (non-hydrogen) atoms. The van der Waals surface area contributed by atoms with E-state index < -0.39 is 11.5 Å². The molecule has 3 N–H and O–H groups in total. The molecule has 4 aromatic rings. The zero-order chi connectivity index (χ0) is 24.4. The highest BCUT2D eigenvalue weighted by atomic mass is 16.5. The number of aromatic nitrogens is 1. The molecule has 1 fully saturated rings. The number of Topliss-reactive ketones (excluding diaryl/α,β-unsaturated/α-hetero) is 1. The van der Waals surface area contributed by atoms with E-state index in [4.69, 9.17) is 9.84 Å². The van der Waals surface area contributed by atoms with Gasteiger partial charge in [-0.3, -0.25) is 19.9 Å². The van der Waals surface area contributed by atoms with Crippen LogP contribution in [0.2, 0.25) is 0 Å². The largest absolute Gasteiger partial charge is 0.465 e. The van der Waals surface area contributed by atoms with Crippen molar-refractivity contribution in [3.63, 3.8) is 0 Å². The van der Waals surface area contributed by atoms with Gasteiger partial charge in [-0.2, -0.15) is 0 Å². The topological polar surface area (TPSA) is 118 Å². The molecular formula is C27H21N3O5. The lowest BCUT2D eigenvalue weighted by molar-refractivity contribution is -0.119. The number of ether oxygens (including phenoxy) is 1. The van der Waals surface area contributed by atoms with Crippen molar-refractivity contribution in [2.24, 2.45) is 5.41 Å². The number of anilines is 2. The van der Waals surface area contributed by atoms with Crippen LogP contribution in [-0.4, -0.2) is 27.9 Å². The van der Waals surface area contributed by atoms with E-state index in [2.05, 4.69) is 15.6 Å². The number of carbonyl (C=O) groups is 3. The minimum Gasteiger partial charge on any atom is -0.465 e. The van der Waals surface area contributed by atoms with Gasteiger partial charge in [0.2, 0.25) is 5.91 Å². The zero-order valence-electron chi connectivity index (χ0n) is 18.5. The summed E-state index contributed by atoms with van der Waals surface area (Å²) in [5, 5.41) is 14.8. The zero-order valence-corrected chi connectivity index (χ0v) is 18.5. The van der Waals surface area contributed by atoms with E-state index in [9.17, 15) is 14.4 Å². The second kappa shape index (κ2) is 8.90. The molecule has 1 heterocycles. The summed E-state index contributed by atoms with van der Waals surface area (Å²) in [6.07, 6.45) is 1.50. The molecule has 0 atom stereocenters. The van der Waals surface area contributed by atoms with Crippen LogP contribution in [0.1, 0.15) is 23.2 Å². The standard InChI is InChI=1S/C27H21N3O5/c31-24(17-4-2-1-3-5-17)27(13-14-27)25(32)29-18-6-9-20(10-7-18)35-23-12-15-28-22-16-19(30-26(33)34)8-11-21(22)23/h1-12,15-16,30H,13-14H2,(H,29,32)(H,33,34). The highest BCUT2D eigenvalue weighted by molar-refractivity contribution is 6.19. The normalized spacial score (nSPS) is 13.6. The monoisotopic (exact) mass is 467 g/mol. The molecule has 0 saturated heterocycles. The molecule has 5 rings (SSSR count). The summed E-state index contributed by atoms with van der Waals surface area (Å²) >= 11 is 0. The van der Waals surface area contributed by atoms with Crippen LogP contribution in [-0.2, 0) is 4.79 Å². The fourth-order valence-electron chi connectivity index (χ4n) is 3.94. The average Bonchev–Trinajstić information content (AvgIpc) is 3.67. The lowest BCUT2D eigenvalue weighted by Gasteiger charge is -2.15. The van der Waals surface area contributed by atoms with Gasteiger partial charge in [-0.25, -0.2) is 4.79 Å². The number of ketones is 1. The molecule has 0 bridgehead atoms. The van der Waals surface area contributed by atoms with Gasteiger partial charge in [0.15, 0.2) is 5.78 Å². The minimum absolute atomic E-state index is 0.151. The molecule has 8 heteroatoms. The number of pyridine rings is 1. The van der Waals surface area contributed by atoms with E-state index in [1.54, 1.807) is 79.0 Å². The van der Waals surface area contributed by atoms with Crippen LogP contribution in [0.3, 0.4) is 0 Å². The molecule has 174 valence electrons. The smallest absolute Gasteiger partial charge is 0.409 e. The molecule has 2 amide bonds. The number of benzene rings is 3.